The molecule has 0 atom stereocenters. The van der Waals surface area contributed by atoms with Gasteiger partial charge in [0.25, 0.3) is 5.69 Å². The van der Waals surface area contributed by atoms with E-state index in [4.69, 9.17) is 4.74 Å². The highest BCUT2D eigenvalue weighted by Gasteiger charge is 2.30. The van der Waals surface area contributed by atoms with E-state index in [0.29, 0.717) is 44.5 Å². The van der Waals surface area contributed by atoms with Crippen LogP contribution in [0, 0.1) is 23.9 Å². The number of rotatable bonds is 7. The average molecular weight is 538 g/mol. The molecule has 2 N–H and O–H groups in total. The number of aryl methyl sites for hydroxylation is 1. The highest BCUT2D eigenvalue weighted by atomic mass is 19.1. The summed E-state index contributed by atoms with van der Waals surface area (Å²) in [5, 5.41) is 18.6. The number of nitrogens with one attached hydrogen (secondary N) is 2. The molecule has 0 spiro atoms. The van der Waals surface area contributed by atoms with Gasteiger partial charge in [-0.1, -0.05) is 0 Å². The lowest BCUT2D eigenvalue weighted by Gasteiger charge is -2.12. The lowest BCUT2D eigenvalue weighted by atomic mass is 10.1. The van der Waals surface area contributed by atoms with Crippen LogP contribution in [-0.4, -0.2) is 21.2 Å². The van der Waals surface area contributed by atoms with Gasteiger partial charge in [0.15, 0.2) is 5.82 Å². The number of anilines is 2. The topological polar surface area (TPSA) is 112 Å². The fraction of sp³-hybridized carbons (Fsp3) is 0.133. The van der Waals surface area contributed by atoms with Crippen LogP contribution in [0.15, 0.2) is 85.2 Å². The predicted molar refractivity (Wildman–Crippen MR) is 147 cm³/mol. The van der Waals surface area contributed by atoms with Crippen LogP contribution in [0.5, 0.6) is 11.5 Å². The van der Waals surface area contributed by atoms with Crippen molar-refractivity contribution in [3.05, 3.63) is 107 Å². The highest BCUT2D eigenvalue weighted by molar-refractivity contribution is 6.02. The largest absolute Gasteiger partial charge is 0.618 e. The van der Waals surface area contributed by atoms with Gasteiger partial charge in [0.1, 0.15) is 23.0 Å². The van der Waals surface area contributed by atoms with Gasteiger partial charge in [0.2, 0.25) is 11.6 Å². The lowest BCUT2D eigenvalue weighted by molar-refractivity contribution is -0.596. The zero-order chi connectivity index (χ0) is 27.8. The standard InChI is InChI=1S/C30H24FN5O4/c1-18-2-14-25(36(39)28(18)19-5-7-21(31)8-6-19)30(38)32-22-9-11-23(12-10-22)40-24-13-15-27-33-26(17-35(27)16-24)34-29(37)20-3-4-20/h2,5-17,20H,3-4H2,1H3,(H,32,38)(H,34,37). The number of nitrogens with zero attached hydrogens (tertiary/aromatic N) is 3. The molecule has 0 saturated heterocycles. The van der Waals surface area contributed by atoms with Crippen molar-refractivity contribution < 1.29 is 23.4 Å². The third-order valence-electron chi connectivity index (χ3n) is 6.61. The second kappa shape index (κ2) is 10.1. The van der Waals surface area contributed by atoms with Crippen LogP contribution < -0.4 is 20.1 Å². The first-order chi connectivity index (χ1) is 19.3. The number of ether oxygens (including phenoxy) is 1. The minimum atomic E-state index is -0.581. The minimum absolute atomic E-state index is 0.00664. The highest BCUT2D eigenvalue weighted by Crippen LogP contribution is 2.30. The van der Waals surface area contributed by atoms with Crippen LogP contribution in [0.3, 0.4) is 0 Å². The van der Waals surface area contributed by atoms with Crippen molar-refractivity contribution in [1.82, 2.24) is 9.38 Å². The smallest absolute Gasteiger partial charge is 0.321 e. The van der Waals surface area contributed by atoms with Crippen molar-refractivity contribution in [1.29, 1.82) is 0 Å². The molecule has 1 fully saturated rings. The third-order valence-corrected chi connectivity index (χ3v) is 6.61. The molecule has 1 saturated carbocycles. The summed E-state index contributed by atoms with van der Waals surface area (Å²) in [4.78, 5) is 29.4. The van der Waals surface area contributed by atoms with Gasteiger partial charge in [-0.3, -0.25) is 9.59 Å². The van der Waals surface area contributed by atoms with Gasteiger partial charge in [-0.05, 0) is 86.5 Å². The molecule has 200 valence electrons. The molecular weight excluding hydrogens is 513 g/mol. The summed E-state index contributed by atoms with van der Waals surface area (Å²) in [5.74, 6) is 0.677. The van der Waals surface area contributed by atoms with Crippen molar-refractivity contribution >= 4 is 29.0 Å². The van der Waals surface area contributed by atoms with Crippen molar-refractivity contribution in [3.8, 4) is 22.8 Å². The minimum Gasteiger partial charge on any atom is -0.618 e. The Bertz CT molecular complexity index is 1750. The molecule has 9 nitrogen and oxygen atoms in total. The molecule has 0 radical (unpaired) electrons. The zero-order valence-electron chi connectivity index (χ0n) is 21.4. The molecule has 10 heteroatoms. The maximum atomic E-state index is 13.4. The van der Waals surface area contributed by atoms with Gasteiger partial charge in [0, 0.05) is 28.8 Å². The average Bonchev–Trinajstić information content (AvgIpc) is 3.71. The van der Waals surface area contributed by atoms with Gasteiger partial charge in [-0.25, -0.2) is 9.37 Å². The van der Waals surface area contributed by atoms with Gasteiger partial charge >= 0.3 is 5.91 Å². The molecule has 0 aliphatic heterocycles. The van der Waals surface area contributed by atoms with Crippen LogP contribution in [-0.2, 0) is 4.79 Å². The lowest BCUT2D eigenvalue weighted by Crippen LogP contribution is -2.39. The molecule has 2 amide bonds. The molecule has 40 heavy (non-hydrogen) atoms. The molecule has 5 aromatic rings. The summed E-state index contributed by atoms with van der Waals surface area (Å²) in [6.07, 6.45) is 5.33. The number of amides is 2. The van der Waals surface area contributed by atoms with Gasteiger partial charge in [-0.2, -0.15) is 4.73 Å². The van der Waals surface area contributed by atoms with Crippen LogP contribution in [0.4, 0.5) is 15.9 Å². The second-order valence-electron chi connectivity index (χ2n) is 9.65. The third kappa shape index (κ3) is 5.19. The molecule has 1 aliphatic rings. The molecule has 6 rings (SSSR count). The Kier molecular flexibility index (Phi) is 6.35. The van der Waals surface area contributed by atoms with Crippen LogP contribution in [0.25, 0.3) is 16.9 Å². The Morgan fingerprint density at radius 1 is 0.950 bits per heavy atom. The van der Waals surface area contributed by atoms with E-state index in [2.05, 4.69) is 15.6 Å². The van der Waals surface area contributed by atoms with Crippen LogP contribution in [0.2, 0.25) is 0 Å². The fourth-order valence-electron chi connectivity index (χ4n) is 4.36. The number of carbonyl (C=O) groups is 2. The van der Waals surface area contributed by atoms with E-state index in [-0.39, 0.29) is 23.2 Å². The van der Waals surface area contributed by atoms with E-state index in [9.17, 15) is 19.2 Å². The van der Waals surface area contributed by atoms with Crippen molar-refractivity contribution in [2.75, 3.05) is 10.6 Å². The number of benzene rings is 2. The van der Waals surface area contributed by atoms with Crippen LogP contribution >= 0.6 is 0 Å². The first-order valence-electron chi connectivity index (χ1n) is 12.7. The van der Waals surface area contributed by atoms with Gasteiger partial charge < -0.3 is 25.0 Å². The molecule has 1 aliphatic carbocycles. The Morgan fingerprint density at radius 2 is 1.68 bits per heavy atom. The van der Waals surface area contributed by atoms with Gasteiger partial charge in [0.05, 0.1) is 12.4 Å². The second-order valence-corrected chi connectivity index (χ2v) is 9.65. The van der Waals surface area contributed by atoms with E-state index < -0.39 is 11.7 Å². The number of aromatic nitrogens is 3. The summed E-state index contributed by atoms with van der Waals surface area (Å²) < 4.78 is 21.6. The summed E-state index contributed by atoms with van der Waals surface area (Å²) in [6, 6.07) is 19.0. The van der Waals surface area contributed by atoms with E-state index in [1.807, 2.05) is 0 Å². The number of hydrogen-bond acceptors (Lipinski definition) is 5. The number of pyridine rings is 2. The van der Waals surface area contributed by atoms with E-state index in [1.165, 1.54) is 30.3 Å². The number of carbonyl (C=O) groups excluding carboxylic acids is 2. The number of fused-ring (bicyclic) bond motifs is 1. The van der Waals surface area contributed by atoms with Crippen molar-refractivity contribution in [2.24, 2.45) is 5.92 Å². The quantitative estimate of drug-likeness (QED) is 0.211. The SMILES string of the molecule is Cc1ccc(C(=O)Nc2ccc(Oc3ccc4nc(NC(=O)C5CC5)cn4c3)cc2)[n+]([O-])c1-c1ccc(F)cc1. The predicted octanol–water partition coefficient (Wildman–Crippen LogP) is 5.48. The molecule has 2 aromatic carbocycles. The summed E-state index contributed by atoms with van der Waals surface area (Å²) in [6.45, 7) is 1.75. The first-order valence-corrected chi connectivity index (χ1v) is 12.7. The normalized spacial score (nSPS) is 12.8. The van der Waals surface area contributed by atoms with E-state index >= 15 is 0 Å². The first kappa shape index (κ1) is 25.1. The van der Waals surface area contributed by atoms with Crippen molar-refractivity contribution in [3.63, 3.8) is 0 Å². The Hall–Kier alpha value is -5.25. The molecule has 0 unspecified atom stereocenters. The Morgan fingerprint density at radius 3 is 2.40 bits per heavy atom. The van der Waals surface area contributed by atoms with Crippen molar-refractivity contribution in [2.45, 2.75) is 19.8 Å². The number of hydrogen-bond donors (Lipinski definition) is 2. The zero-order valence-corrected chi connectivity index (χ0v) is 21.4. The fourth-order valence-corrected chi connectivity index (χ4v) is 4.36. The Balaban J connectivity index is 1.14. The summed E-state index contributed by atoms with van der Waals surface area (Å²) in [7, 11) is 0. The van der Waals surface area contributed by atoms with E-state index in [1.54, 1.807) is 66.2 Å². The molecular formula is C30H24FN5O4. The number of imidazole rings is 1. The molecule has 0 bridgehead atoms. The molecule has 3 aromatic heterocycles. The van der Waals surface area contributed by atoms with E-state index in [0.717, 1.165) is 12.8 Å². The van der Waals surface area contributed by atoms with Crippen LogP contribution in [0.1, 0.15) is 28.9 Å². The maximum Gasteiger partial charge on any atom is 0.321 e. The molecule has 3 heterocycles. The summed E-state index contributed by atoms with van der Waals surface area (Å²) >= 11 is 0. The van der Waals surface area contributed by atoms with Gasteiger partial charge in [-0.15, -0.1) is 0 Å². The summed E-state index contributed by atoms with van der Waals surface area (Å²) in [5.41, 5.74) is 2.51. The monoisotopic (exact) mass is 537 g/mol. The number of halogens is 1. The Labute approximate surface area is 228 Å². The maximum absolute atomic E-state index is 13.4.